The van der Waals surface area contributed by atoms with E-state index < -0.39 is 0 Å². The molecule has 4 nitrogen and oxygen atoms in total. The zero-order chi connectivity index (χ0) is 16.1. The molecule has 2 aromatic heterocycles. The van der Waals surface area contributed by atoms with Crippen molar-refractivity contribution >= 4 is 17.2 Å². The van der Waals surface area contributed by atoms with Crippen LogP contribution in [0.25, 0.3) is 16.9 Å². The van der Waals surface area contributed by atoms with Crippen molar-refractivity contribution in [3.63, 3.8) is 0 Å². The van der Waals surface area contributed by atoms with Gasteiger partial charge >= 0.3 is 0 Å². The maximum Gasteiger partial charge on any atom is 0.224 e. The van der Waals surface area contributed by atoms with Crippen LogP contribution in [0.5, 0.6) is 0 Å². The van der Waals surface area contributed by atoms with Crippen LogP contribution in [0.3, 0.4) is 0 Å². The molecular weight excluding hydrogens is 286 g/mol. The average molecular weight is 305 g/mol. The Balaban J connectivity index is 1.78. The Bertz CT molecular complexity index is 926. The second-order valence-corrected chi connectivity index (χ2v) is 6.38. The third-order valence-corrected chi connectivity index (χ3v) is 4.53. The quantitative estimate of drug-likeness (QED) is 0.689. The number of pyridine rings is 1. The first-order chi connectivity index (χ1) is 11.0. The standard InChI is InChI=1S/C19H19N3O/c1-12-4-7-19-20-17(11-21(19)10-12)15-5-6-18-16(9-15)8-13(2)22(18)14(3)23/h4-7,9-11,13H,8H2,1-3H3/t13-/m0/s1. The summed E-state index contributed by atoms with van der Waals surface area (Å²) in [6.45, 7) is 5.80. The fourth-order valence-electron chi connectivity index (χ4n) is 3.51. The summed E-state index contributed by atoms with van der Waals surface area (Å²) in [5.74, 6) is 0.104. The maximum absolute atomic E-state index is 11.8. The molecule has 116 valence electrons. The molecule has 3 aromatic rings. The van der Waals surface area contributed by atoms with Crippen LogP contribution in [0.1, 0.15) is 25.0 Å². The molecule has 0 unspecified atom stereocenters. The number of aryl methyl sites for hydroxylation is 1. The van der Waals surface area contributed by atoms with Crippen LogP contribution in [-0.2, 0) is 11.2 Å². The van der Waals surface area contributed by atoms with E-state index in [1.54, 1.807) is 6.92 Å². The first-order valence-electron chi connectivity index (χ1n) is 7.91. The Labute approximate surface area is 135 Å². The van der Waals surface area contributed by atoms with Gasteiger partial charge in [0, 0.05) is 36.6 Å². The number of rotatable bonds is 1. The van der Waals surface area contributed by atoms with Crippen molar-refractivity contribution in [2.24, 2.45) is 0 Å². The summed E-state index contributed by atoms with van der Waals surface area (Å²) in [6.07, 6.45) is 5.04. The minimum atomic E-state index is 0.104. The first-order valence-corrected chi connectivity index (χ1v) is 7.91. The van der Waals surface area contributed by atoms with Crippen LogP contribution >= 0.6 is 0 Å². The van der Waals surface area contributed by atoms with Gasteiger partial charge in [-0.25, -0.2) is 4.98 Å². The lowest BCUT2D eigenvalue weighted by molar-refractivity contribution is -0.116. The van der Waals surface area contributed by atoms with Gasteiger partial charge in [0.25, 0.3) is 0 Å². The molecular formula is C19H19N3O. The minimum absolute atomic E-state index is 0.104. The summed E-state index contributed by atoms with van der Waals surface area (Å²) in [5.41, 5.74) is 6.48. The van der Waals surface area contributed by atoms with Gasteiger partial charge < -0.3 is 9.30 Å². The molecule has 0 radical (unpaired) electrons. The van der Waals surface area contributed by atoms with E-state index in [2.05, 4.69) is 48.8 Å². The number of anilines is 1. The number of carbonyl (C=O) groups excluding carboxylic acids is 1. The maximum atomic E-state index is 11.8. The van der Waals surface area contributed by atoms with E-state index in [0.717, 1.165) is 29.0 Å². The number of hydrogen-bond acceptors (Lipinski definition) is 2. The topological polar surface area (TPSA) is 37.6 Å². The van der Waals surface area contributed by atoms with E-state index in [-0.39, 0.29) is 11.9 Å². The molecule has 3 heterocycles. The fourth-order valence-corrected chi connectivity index (χ4v) is 3.51. The molecule has 1 aliphatic rings. The summed E-state index contributed by atoms with van der Waals surface area (Å²) >= 11 is 0. The molecule has 1 aliphatic heterocycles. The monoisotopic (exact) mass is 305 g/mol. The second-order valence-electron chi connectivity index (χ2n) is 6.38. The Kier molecular flexibility index (Phi) is 3.01. The molecule has 0 N–H and O–H groups in total. The number of nitrogens with zero attached hydrogens (tertiary/aromatic N) is 3. The molecule has 4 heteroatoms. The van der Waals surface area contributed by atoms with Crippen LogP contribution in [0.2, 0.25) is 0 Å². The van der Waals surface area contributed by atoms with Crippen LogP contribution in [0.4, 0.5) is 5.69 Å². The lowest BCUT2D eigenvalue weighted by Crippen LogP contribution is -2.33. The van der Waals surface area contributed by atoms with Crippen molar-refractivity contribution in [2.45, 2.75) is 33.2 Å². The van der Waals surface area contributed by atoms with Gasteiger partial charge in [0.1, 0.15) is 5.65 Å². The molecule has 23 heavy (non-hydrogen) atoms. The molecule has 1 atom stereocenters. The minimum Gasteiger partial charge on any atom is -0.309 e. The largest absolute Gasteiger partial charge is 0.309 e. The highest BCUT2D eigenvalue weighted by atomic mass is 16.2. The van der Waals surface area contributed by atoms with Gasteiger partial charge in [-0.1, -0.05) is 12.1 Å². The number of carbonyl (C=O) groups is 1. The van der Waals surface area contributed by atoms with Gasteiger partial charge in [-0.2, -0.15) is 0 Å². The third-order valence-electron chi connectivity index (χ3n) is 4.53. The SMILES string of the molecule is CC(=O)N1c2ccc(-c3cn4cc(C)ccc4n3)cc2C[C@@H]1C. The number of imidazole rings is 1. The molecule has 1 amide bonds. The highest BCUT2D eigenvalue weighted by Crippen LogP contribution is 2.35. The summed E-state index contributed by atoms with van der Waals surface area (Å²) in [7, 11) is 0. The molecule has 1 aromatic carbocycles. The van der Waals surface area contributed by atoms with E-state index in [1.165, 1.54) is 11.1 Å². The van der Waals surface area contributed by atoms with E-state index in [9.17, 15) is 4.79 Å². The Hall–Kier alpha value is -2.62. The Morgan fingerprint density at radius 1 is 1.22 bits per heavy atom. The average Bonchev–Trinajstić information content (AvgIpc) is 3.05. The van der Waals surface area contributed by atoms with Crippen LogP contribution < -0.4 is 4.90 Å². The van der Waals surface area contributed by atoms with E-state index in [4.69, 9.17) is 4.98 Å². The van der Waals surface area contributed by atoms with E-state index in [1.807, 2.05) is 17.0 Å². The Morgan fingerprint density at radius 3 is 2.83 bits per heavy atom. The molecule has 0 spiro atoms. The molecule has 0 saturated carbocycles. The van der Waals surface area contributed by atoms with Crippen LogP contribution in [0.15, 0.2) is 42.7 Å². The molecule has 0 bridgehead atoms. The number of amides is 1. The van der Waals surface area contributed by atoms with E-state index >= 15 is 0 Å². The fraction of sp³-hybridized carbons (Fsp3) is 0.263. The zero-order valence-electron chi connectivity index (χ0n) is 13.6. The summed E-state index contributed by atoms with van der Waals surface area (Å²) in [6, 6.07) is 10.6. The number of benzene rings is 1. The highest BCUT2D eigenvalue weighted by molar-refractivity contribution is 5.95. The molecule has 0 aliphatic carbocycles. The normalized spacial score (nSPS) is 16.8. The van der Waals surface area contributed by atoms with Gasteiger partial charge in [0.05, 0.1) is 5.69 Å². The van der Waals surface area contributed by atoms with Crippen molar-refractivity contribution in [1.82, 2.24) is 9.38 Å². The van der Waals surface area contributed by atoms with Gasteiger partial charge in [-0.3, -0.25) is 4.79 Å². The molecule has 4 rings (SSSR count). The van der Waals surface area contributed by atoms with Crippen molar-refractivity contribution in [3.8, 4) is 11.3 Å². The second kappa shape index (κ2) is 4.95. The first kappa shape index (κ1) is 14.0. The lowest BCUT2D eigenvalue weighted by Gasteiger charge is -2.20. The van der Waals surface area contributed by atoms with E-state index in [0.29, 0.717) is 0 Å². The van der Waals surface area contributed by atoms with Gasteiger partial charge in [0.2, 0.25) is 5.91 Å². The lowest BCUT2D eigenvalue weighted by atomic mass is 10.1. The smallest absolute Gasteiger partial charge is 0.224 e. The predicted octanol–water partition coefficient (Wildman–Crippen LogP) is 3.61. The van der Waals surface area contributed by atoms with Gasteiger partial charge in [0.15, 0.2) is 0 Å². The van der Waals surface area contributed by atoms with Gasteiger partial charge in [-0.05, 0) is 49.6 Å². The number of fused-ring (bicyclic) bond motifs is 2. The van der Waals surface area contributed by atoms with Crippen molar-refractivity contribution < 1.29 is 4.79 Å². The number of hydrogen-bond donors (Lipinski definition) is 0. The molecule has 0 fully saturated rings. The predicted molar refractivity (Wildman–Crippen MR) is 91.7 cm³/mol. The summed E-state index contributed by atoms with van der Waals surface area (Å²) in [4.78, 5) is 18.4. The number of aromatic nitrogens is 2. The zero-order valence-corrected chi connectivity index (χ0v) is 13.6. The van der Waals surface area contributed by atoms with Gasteiger partial charge in [-0.15, -0.1) is 0 Å². The molecule has 0 saturated heterocycles. The Morgan fingerprint density at radius 2 is 2.04 bits per heavy atom. The van der Waals surface area contributed by atoms with Crippen molar-refractivity contribution in [3.05, 3.63) is 53.9 Å². The van der Waals surface area contributed by atoms with Crippen LogP contribution in [-0.4, -0.2) is 21.3 Å². The summed E-state index contributed by atoms with van der Waals surface area (Å²) < 4.78 is 2.06. The third kappa shape index (κ3) is 2.22. The highest BCUT2D eigenvalue weighted by Gasteiger charge is 2.29. The van der Waals surface area contributed by atoms with Crippen LogP contribution in [0, 0.1) is 6.92 Å². The van der Waals surface area contributed by atoms with Crippen molar-refractivity contribution in [2.75, 3.05) is 4.90 Å². The van der Waals surface area contributed by atoms with Crippen molar-refractivity contribution in [1.29, 1.82) is 0 Å². The summed E-state index contributed by atoms with van der Waals surface area (Å²) in [5, 5.41) is 0.